The summed E-state index contributed by atoms with van der Waals surface area (Å²) in [6, 6.07) is 14.5. The number of hydrogen-bond acceptors (Lipinski definition) is 5. The molecule has 0 saturated carbocycles. The molecule has 29 heavy (non-hydrogen) atoms. The molecule has 0 unspecified atom stereocenters. The zero-order valence-corrected chi connectivity index (χ0v) is 16.0. The molecule has 2 aromatic carbocycles. The zero-order chi connectivity index (χ0) is 20.1. The molecule has 5 rings (SSSR count). The summed E-state index contributed by atoms with van der Waals surface area (Å²) in [4.78, 5) is 38.0. The molecule has 0 saturated heterocycles. The summed E-state index contributed by atoms with van der Waals surface area (Å²) in [5.41, 5.74) is 5.82. The molecule has 0 radical (unpaired) electrons. The second kappa shape index (κ2) is 6.55. The van der Waals surface area contributed by atoms with Crippen molar-refractivity contribution in [2.45, 2.75) is 25.2 Å². The van der Waals surface area contributed by atoms with Gasteiger partial charge in [-0.05, 0) is 30.5 Å². The van der Waals surface area contributed by atoms with Gasteiger partial charge in [-0.15, -0.1) is 0 Å². The van der Waals surface area contributed by atoms with E-state index in [0.29, 0.717) is 28.7 Å². The van der Waals surface area contributed by atoms with Crippen LogP contribution in [0.1, 0.15) is 57.0 Å². The topological polar surface area (TPSA) is 72.5 Å². The highest BCUT2D eigenvalue weighted by Crippen LogP contribution is 2.48. The lowest BCUT2D eigenvalue weighted by atomic mass is 9.75. The van der Waals surface area contributed by atoms with Crippen molar-refractivity contribution >= 4 is 23.2 Å². The minimum Gasteiger partial charge on any atom is -0.465 e. The summed E-state index contributed by atoms with van der Waals surface area (Å²) in [6.07, 6.45) is 2.07. The van der Waals surface area contributed by atoms with Gasteiger partial charge in [-0.1, -0.05) is 36.4 Å². The van der Waals surface area contributed by atoms with E-state index >= 15 is 0 Å². The molecule has 3 aliphatic rings. The fourth-order valence-corrected chi connectivity index (χ4v) is 4.60. The fourth-order valence-electron chi connectivity index (χ4n) is 4.60. The average molecular weight is 385 g/mol. The van der Waals surface area contributed by atoms with Gasteiger partial charge < -0.3 is 10.1 Å². The number of ketones is 2. The average Bonchev–Trinajstić information content (AvgIpc) is 3.04. The summed E-state index contributed by atoms with van der Waals surface area (Å²) >= 11 is 0. The Morgan fingerprint density at radius 2 is 1.69 bits per heavy atom. The number of benzene rings is 2. The van der Waals surface area contributed by atoms with Crippen LogP contribution in [0.4, 0.5) is 0 Å². The summed E-state index contributed by atoms with van der Waals surface area (Å²) < 4.78 is 4.78. The number of fused-ring (bicyclic) bond motifs is 2. The van der Waals surface area contributed by atoms with Gasteiger partial charge >= 0.3 is 5.97 Å². The molecule has 5 heteroatoms. The largest absolute Gasteiger partial charge is 0.465 e. The first-order valence-electron chi connectivity index (χ1n) is 9.70. The second-order valence-electron chi connectivity index (χ2n) is 7.50. The van der Waals surface area contributed by atoms with Crippen molar-refractivity contribution in [2.75, 3.05) is 7.11 Å². The van der Waals surface area contributed by atoms with Crippen LogP contribution in [0.15, 0.2) is 65.4 Å². The van der Waals surface area contributed by atoms with Crippen LogP contribution in [0.2, 0.25) is 0 Å². The van der Waals surface area contributed by atoms with Crippen LogP contribution >= 0.6 is 0 Å². The molecule has 0 spiro atoms. The SMILES string of the molecule is COC(=O)c1ccc([C@@H]2C3=C(CCCC3=O)NC3=C2C(=O)c2ccccc23)cc1. The lowest BCUT2D eigenvalue weighted by Gasteiger charge is -2.33. The van der Waals surface area contributed by atoms with Gasteiger partial charge in [-0.2, -0.15) is 0 Å². The first-order valence-corrected chi connectivity index (χ1v) is 9.70. The molecule has 1 heterocycles. The van der Waals surface area contributed by atoms with Crippen LogP contribution in [0.5, 0.6) is 0 Å². The molecule has 2 aliphatic carbocycles. The van der Waals surface area contributed by atoms with Gasteiger partial charge in [0, 0.05) is 40.3 Å². The molecule has 0 aromatic heterocycles. The van der Waals surface area contributed by atoms with Crippen LogP contribution in [0.25, 0.3) is 5.70 Å². The Morgan fingerprint density at radius 1 is 0.966 bits per heavy atom. The predicted octanol–water partition coefficient (Wildman–Crippen LogP) is 3.77. The van der Waals surface area contributed by atoms with Crippen LogP contribution in [0, 0.1) is 0 Å². The van der Waals surface area contributed by atoms with Gasteiger partial charge in [-0.3, -0.25) is 9.59 Å². The Labute approximate surface area is 168 Å². The molecular weight excluding hydrogens is 366 g/mol. The van der Waals surface area contributed by atoms with Gasteiger partial charge in [0.1, 0.15) is 0 Å². The lowest BCUT2D eigenvalue weighted by Crippen LogP contribution is -2.31. The van der Waals surface area contributed by atoms with Gasteiger partial charge in [0.2, 0.25) is 0 Å². The third-order valence-corrected chi connectivity index (χ3v) is 5.93. The number of rotatable bonds is 2. The van der Waals surface area contributed by atoms with E-state index in [9.17, 15) is 14.4 Å². The van der Waals surface area contributed by atoms with E-state index < -0.39 is 11.9 Å². The Balaban J connectivity index is 1.68. The maximum absolute atomic E-state index is 13.3. The highest BCUT2D eigenvalue weighted by molar-refractivity contribution is 6.23. The molecule has 5 nitrogen and oxygen atoms in total. The van der Waals surface area contributed by atoms with Crippen LogP contribution in [-0.2, 0) is 9.53 Å². The van der Waals surface area contributed by atoms with E-state index in [4.69, 9.17) is 4.74 Å². The fraction of sp³-hybridized carbons (Fsp3) is 0.208. The number of carbonyl (C=O) groups excluding carboxylic acids is 3. The number of Topliss-reactive ketones (excluding diaryl/α,β-unsaturated/α-hetero) is 2. The van der Waals surface area contributed by atoms with Crippen LogP contribution in [-0.4, -0.2) is 24.6 Å². The smallest absolute Gasteiger partial charge is 0.337 e. The Bertz CT molecular complexity index is 1140. The number of allylic oxidation sites excluding steroid dienone is 3. The Morgan fingerprint density at radius 3 is 2.41 bits per heavy atom. The van der Waals surface area contributed by atoms with Gasteiger partial charge in [0.15, 0.2) is 11.6 Å². The monoisotopic (exact) mass is 385 g/mol. The van der Waals surface area contributed by atoms with Crippen molar-refractivity contribution < 1.29 is 19.1 Å². The van der Waals surface area contributed by atoms with E-state index in [0.717, 1.165) is 35.4 Å². The molecule has 0 bridgehead atoms. The maximum atomic E-state index is 13.3. The summed E-state index contributed by atoms with van der Waals surface area (Å²) in [5, 5.41) is 3.42. The molecule has 1 atom stereocenters. The number of dihydropyridines is 1. The predicted molar refractivity (Wildman–Crippen MR) is 107 cm³/mol. The molecule has 0 fully saturated rings. The highest BCUT2D eigenvalue weighted by Gasteiger charge is 2.43. The van der Waals surface area contributed by atoms with Crippen molar-refractivity contribution in [3.63, 3.8) is 0 Å². The summed E-state index contributed by atoms with van der Waals surface area (Å²) in [6.45, 7) is 0. The summed E-state index contributed by atoms with van der Waals surface area (Å²) in [5.74, 6) is -0.813. The molecule has 2 aromatic rings. The van der Waals surface area contributed by atoms with Crippen LogP contribution in [0.3, 0.4) is 0 Å². The number of ether oxygens (including phenoxy) is 1. The number of carbonyl (C=O) groups is 3. The van der Waals surface area contributed by atoms with E-state index in [1.165, 1.54) is 7.11 Å². The molecular formula is C24H19NO4. The normalized spacial score (nSPS) is 20.1. The second-order valence-corrected chi connectivity index (χ2v) is 7.50. The number of methoxy groups -OCH3 is 1. The number of nitrogens with one attached hydrogen (secondary N) is 1. The van der Waals surface area contributed by atoms with E-state index in [1.54, 1.807) is 12.1 Å². The third kappa shape index (κ3) is 2.58. The third-order valence-electron chi connectivity index (χ3n) is 5.93. The van der Waals surface area contributed by atoms with E-state index in [1.807, 2.05) is 36.4 Å². The first kappa shape index (κ1) is 17.6. The minimum atomic E-state index is -0.430. The zero-order valence-electron chi connectivity index (χ0n) is 16.0. The van der Waals surface area contributed by atoms with Crippen molar-refractivity contribution in [3.8, 4) is 0 Å². The molecule has 1 N–H and O–H groups in total. The van der Waals surface area contributed by atoms with Crippen molar-refractivity contribution in [2.24, 2.45) is 0 Å². The molecule has 144 valence electrons. The summed E-state index contributed by atoms with van der Waals surface area (Å²) in [7, 11) is 1.34. The van der Waals surface area contributed by atoms with Crippen molar-refractivity contribution in [1.82, 2.24) is 5.32 Å². The Kier molecular flexibility index (Phi) is 3.98. The van der Waals surface area contributed by atoms with Crippen LogP contribution < -0.4 is 5.32 Å². The van der Waals surface area contributed by atoms with Crippen molar-refractivity contribution in [3.05, 3.63) is 87.6 Å². The minimum absolute atomic E-state index is 0.0462. The first-order chi connectivity index (χ1) is 14.1. The highest BCUT2D eigenvalue weighted by atomic mass is 16.5. The standard InChI is InChI=1S/C24H19NO4/c1-29-24(28)14-11-9-13(10-12-14)19-20-17(7-4-8-18(20)26)25-22-15-5-2-3-6-16(15)23(27)21(19)22/h2-3,5-6,9-12,19,25H,4,7-8H2,1H3/t19-/m1/s1. The van der Waals surface area contributed by atoms with E-state index in [2.05, 4.69) is 5.32 Å². The van der Waals surface area contributed by atoms with E-state index in [-0.39, 0.29) is 11.6 Å². The molecule has 1 aliphatic heterocycles. The van der Waals surface area contributed by atoms with Gasteiger partial charge in [0.05, 0.1) is 18.4 Å². The maximum Gasteiger partial charge on any atom is 0.337 e. The Hall–Kier alpha value is -3.47. The molecule has 0 amide bonds. The quantitative estimate of drug-likeness (QED) is 0.797. The van der Waals surface area contributed by atoms with Gasteiger partial charge in [0.25, 0.3) is 0 Å². The van der Waals surface area contributed by atoms with Crippen molar-refractivity contribution in [1.29, 1.82) is 0 Å². The van der Waals surface area contributed by atoms with Gasteiger partial charge in [-0.25, -0.2) is 4.79 Å². The lowest BCUT2D eigenvalue weighted by molar-refractivity contribution is -0.116. The number of esters is 1. The number of hydrogen-bond donors (Lipinski definition) is 1.